The maximum atomic E-state index is 13.5. The molecule has 0 unspecified atom stereocenters. The minimum absolute atomic E-state index is 0.233. The van der Waals surface area contributed by atoms with Gasteiger partial charge in [0.2, 0.25) is 5.88 Å². The van der Waals surface area contributed by atoms with Crippen molar-refractivity contribution in [1.29, 1.82) is 0 Å². The molecule has 0 radical (unpaired) electrons. The quantitative estimate of drug-likeness (QED) is 0.293. The molecule has 0 amide bonds. The zero-order chi connectivity index (χ0) is 20.5. The van der Waals surface area contributed by atoms with Gasteiger partial charge in [0.15, 0.2) is 5.96 Å². The van der Waals surface area contributed by atoms with Crippen LogP contribution in [0.4, 0.5) is 4.39 Å². The fraction of sp³-hybridized carbons (Fsp3) is 0.333. The molecule has 1 aromatic carbocycles. The Morgan fingerprint density at radius 1 is 1.21 bits per heavy atom. The number of nitrogens with zero attached hydrogens (tertiary/aromatic N) is 2. The number of aliphatic imine (C=N–C) groups is 1. The summed E-state index contributed by atoms with van der Waals surface area (Å²) in [7, 11) is 3.35. The highest BCUT2D eigenvalue weighted by Crippen LogP contribution is 2.19. The van der Waals surface area contributed by atoms with E-state index in [0.29, 0.717) is 38.1 Å². The first-order valence-electron chi connectivity index (χ1n) is 9.47. The molecule has 2 aromatic heterocycles. The smallest absolute Gasteiger partial charge is 0.218 e. The molecular weight excluding hydrogens is 373 g/mol. The molecule has 0 fully saturated rings. The average Bonchev–Trinajstić information content (AvgIpc) is 3.13. The molecule has 0 atom stereocenters. The SMILES string of the molecule is CN=C(NCCc1c[nH]c2ccc(F)cc12)NCc1cccnc1OCCOC. The highest BCUT2D eigenvalue weighted by atomic mass is 19.1. The van der Waals surface area contributed by atoms with E-state index in [4.69, 9.17) is 9.47 Å². The van der Waals surface area contributed by atoms with Crippen LogP contribution in [-0.2, 0) is 17.7 Å². The molecule has 154 valence electrons. The van der Waals surface area contributed by atoms with Gasteiger partial charge in [0, 0.05) is 56.1 Å². The summed E-state index contributed by atoms with van der Waals surface area (Å²) in [6, 6.07) is 8.59. The fourth-order valence-corrected chi connectivity index (χ4v) is 2.98. The lowest BCUT2D eigenvalue weighted by atomic mass is 10.1. The van der Waals surface area contributed by atoms with Gasteiger partial charge in [-0.05, 0) is 36.2 Å². The number of pyridine rings is 1. The Kier molecular flexibility index (Phi) is 7.40. The van der Waals surface area contributed by atoms with Crippen molar-refractivity contribution in [3.8, 4) is 5.88 Å². The van der Waals surface area contributed by atoms with Crippen molar-refractivity contribution in [3.05, 3.63) is 59.7 Å². The third-order valence-electron chi connectivity index (χ3n) is 4.46. The van der Waals surface area contributed by atoms with Gasteiger partial charge in [0.05, 0.1) is 6.61 Å². The Morgan fingerprint density at radius 2 is 2.10 bits per heavy atom. The number of guanidine groups is 1. The van der Waals surface area contributed by atoms with Crippen molar-refractivity contribution in [3.63, 3.8) is 0 Å². The zero-order valence-corrected chi connectivity index (χ0v) is 16.7. The van der Waals surface area contributed by atoms with Crippen LogP contribution in [0.5, 0.6) is 5.88 Å². The molecule has 3 N–H and O–H groups in total. The van der Waals surface area contributed by atoms with Gasteiger partial charge >= 0.3 is 0 Å². The predicted octanol–water partition coefficient (Wildman–Crippen LogP) is 2.63. The molecule has 3 rings (SSSR count). The molecule has 3 aromatic rings. The van der Waals surface area contributed by atoms with Crippen molar-refractivity contribution >= 4 is 16.9 Å². The van der Waals surface area contributed by atoms with E-state index in [1.54, 1.807) is 32.5 Å². The highest BCUT2D eigenvalue weighted by Gasteiger charge is 2.08. The fourth-order valence-electron chi connectivity index (χ4n) is 2.98. The maximum absolute atomic E-state index is 13.5. The topological polar surface area (TPSA) is 83.6 Å². The molecule has 0 spiro atoms. The Labute approximate surface area is 169 Å². The van der Waals surface area contributed by atoms with E-state index < -0.39 is 0 Å². The highest BCUT2D eigenvalue weighted by molar-refractivity contribution is 5.83. The third kappa shape index (κ3) is 5.68. The molecule has 0 aliphatic carbocycles. The number of nitrogens with one attached hydrogen (secondary N) is 3. The number of aromatic nitrogens is 2. The van der Waals surface area contributed by atoms with Gasteiger partial charge in [0.1, 0.15) is 12.4 Å². The lowest BCUT2D eigenvalue weighted by molar-refractivity contribution is 0.143. The number of H-pyrrole nitrogens is 1. The molecular formula is C21H26FN5O2. The molecule has 7 nitrogen and oxygen atoms in total. The van der Waals surface area contributed by atoms with Gasteiger partial charge in [0.25, 0.3) is 0 Å². The second-order valence-corrected chi connectivity index (χ2v) is 6.42. The van der Waals surface area contributed by atoms with E-state index >= 15 is 0 Å². The summed E-state index contributed by atoms with van der Waals surface area (Å²) in [6.45, 7) is 2.13. The van der Waals surface area contributed by atoms with Crippen LogP contribution < -0.4 is 15.4 Å². The van der Waals surface area contributed by atoms with E-state index in [2.05, 4.69) is 25.6 Å². The number of halogens is 1. The maximum Gasteiger partial charge on any atom is 0.218 e. The molecule has 0 saturated carbocycles. The number of fused-ring (bicyclic) bond motifs is 1. The van der Waals surface area contributed by atoms with E-state index in [1.165, 1.54) is 6.07 Å². The number of aromatic amines is 1. The second kappa shape index (κ2) is 10.4. The number of hydrogen-bond acceptors (Lipinski definition) is 4. The Hall–Kier alpha value is -3.13. The summed E-state index contributed by atoms with van der Waals surface area (Å²) < 4.78 is 24.2. The van der Waals surface area contributed by atoms with Crippen LogP contribution in [0, 0.1) is 5.82 Å². The predicted molar refractivity (Wildman–Crippen MR) is 112 cm³/mol. The molecule has 0 aliphatic heterocycles. The summed E-state index contributed by atoms with van der Waals surface area (Å²) in [5.41, 5.74) is 2.92. The molecule has 0 saturated heterocycles. The molecule has 29 heavy (non-hydrogen) atoms. The molecule has 8 heteroatoms. The number of methoxy groups -OCH3 is 1. The normalized spacial score (nSPS) is 11.6. The molecule has 2 heterocycles. The second-order valence-electron chi connectivity index (χ2n) is 6.42. The van der Waals surface area contributed by atoms with Gasteiger partial charge in [-0.15, -0.1) is 0 Å². The van der Waals surface area contributed by atoms with Crippen LogP contribution in [0.1, 0.15) is 11.1 Å². The van der Waals surface area contributed by atoms with Crippen LogP contribution in [0.2, 0.25) is 0 Å². The van der Waals surface area contributed by atoms with Gasteiger partial charge < -0.3 is 25.1 Å². The lowest BCUT2D eigenvalue weighted by Gasteiger charge is -2.14. The first kappa shape index (κ1) is 20.6. The molecule has 0 aliphatic rings. The van der Waals surface area contributed by atoms with E-state index in [9.17, 15) is 4.39 Å². The summed E-state index contributed by atoms with van der Waals surface area (Å²) in [5, 5.41) is 7.45. The van der Waals surface area contributed by atoms with Crippen molar-refractivity contribution < 1.29 is 13.9 Å². The van der Waals surface area contributed by atoms with E-state index in [0.717, 1.165) is 28.5 Å². The molecule has 0 bridgehead atoms. The van der Waals surface area contributed by atoms with Crippen molar-refractivity contribution in [2.45, 2.75) is 13.0 Å². The van der Waals surface area contributed by atoms with Crippen LogP contribution in [-0.4, -0.2) is 49.8 Å². The van der Waals surface area contributed by atoms with Gasteiger partial charge in [-0.3, -0.25) is 4.99 Å². The number of benzene rings is 1. The minimum Gasteiger partial charge on any atom is -0.475 e. The standard InChI is InChI=1S/C21H26FN5O2/c1-23-21(27-14-16-4-3-8-24-20(16)29-11-10-28-2)25-9-7-15-13-26-19-6-5-17(22)12-18(15)19/h3-6,8,12-13,26H,7,9-11,14H2,1-2H3,(H2,23,25,27). The third-order valence-corrected chi connectivity index (χ3v) is 4.46. The van der Waals surface area contributed by atoms with Crippen LogP contribution in [0.25, 0.3) is 10.9 Å². The number of hydrogen-bond donors (Lipinski definition) is 3. The van der Waals surface area contributed by atoms with Crippen molar-refractivity contribution in [2.75, 3.05) is 33.9 Å². The summed E-state index contributed by atoms with van der Waals surface area (Å²) in [5.74, 6) is 1.01. The van der Waals surface area contributed by atoms with Crippen LogP contribution in [0.3, 0.4) is 0 Å². The van der Waals surface area contributed by atoms with Crippen LogP contribution in [0.15, 0.2) is 47.7 Å². The van der Waals surface area contributed by atoms with Gasteiger partial charge in [-0.25, -0.2) is 9.37 Å². The number of ether oxygens (including phenoxy) is 2. The zero-order valence-electron chi connectivity index (χ0n) is 16.7. The average molecular weight is 399 g/mol. The Bertz CT molecular complexity index is 957. The summed E-state index contributed by atoms with van der Waals surface area (Å²) >= 11 is 0. The largest absolute Gasteiger partial charge is 0.475 e. The van der Waals surface area contributed by atoms with Crippen molar-refractivity contribution in [1.82, 2.24) is 20.6 Å². The lowest BCUT2D eigenvalue weighted by Crippen LogP contribution is -2.38. The first-order chi connectivity index (χ1) is 14.2. The summed E-state index contributed by atoms with van der Waals surface area (Å²) in [4.78, 5) is 11.7. The monoisotopic (exact) mass is 399 g/mol. The minimum atomic E-state index is -0.233. The van der Waals surface area contributed by atoms with E-state index in [-0.39, 0.29) is 5.82 Å². The van der Waals surface area contributed by atoms with Gasteiger partial charge in [-0.2, -0.15) is 0 Å². The Morgan fingerprint density at radius 3 is 2.93 bits per heavy atom. The van der Waals surface area contributed by atoms with Crippen LogP contribution >= 0.6 is 0 Å². The van der Waals surface area contributed by atoms with E-state index in [1.807, 2.05) is 18.3 Å². The Balaban J connectivity index is 1.52. The van der Waals surface area contributed by atoms with Gasteiger partial charge in [-0.1, -0.05) is 6.07 Å². The van der Waals surface area contributed by atoms with Crippen molar-refractivity contribution in [2.24, 2.45) is 4.99 Å². The number of rotatable bonds is 9. The first-order valence-corrected chi connectivity index (χ1v) is 9.47. The summed E-state index contributed by atoms with van der Waals surface area (Å²) in [6.07, 6.45) is 4.35.